The van der Waals surface area contributed by atoms with Crippen LogP contribution in [0.5, 0.6) is 0 Å². The van der Waals surface area contributed by atoms with Gasteiger partial charge in [0.2, 0.25) is 0 Å². The van der Waals surface area contributed by atoms with E-state index in [4.69, 9.17) is 0 Å². The minimum absolute atomic E-state index is 0.0922. The van der Waals surface area contributed by atoms with Crippen LogP contribution in [-0.2, 0) is 21.1 Å². The first-order chi connectivity index (χ1) is 13.7. The van der Waals surface area contributed by atoms with Crippen LogP contribution in [0.4, 0.5) is 5.69 Å². The smallest absolute Gasteiger partial charge is 0.252 e. The first-order valence-corrected chi connectivity index (χ1v) is 12.3. The Morgan fingerprint density at radius 3 is 2.62 bits per heavy atom. The Morgan fingerprint density at radius 2 is 1.86 bits per heavy atom. The Kier molecular flexibility index (Phi) is 5.29. The summed E-state index contributed by atoms with van der Waals surface area (Å²) in [6.45, 7) is 6.01. The van der Waals surface area contributed by atoms with Gasteiger partial charge in [0.25, 0.3) is 5.91 Å². The second-order valence-electron chi connectivity index (χ2n) is 7.91. The number of amides is 1. The van der Waals surface area contributed by atoms with Crippen LogP contribution in [0.1, 0.15) is 22.3 Å². The number of hydrogen-bond acceptors (Lipinski definition) is 4. The summed E-state index contributed by atoms with van der Waals surface area (Å²) in [7, 11) is -3.08. The summed E-state index contributed by atoms with van der Waals surface area (Å²) in [5.74, 6) is 0.0222. The molecule has 2 heterocycles. The van der Waals surface area contributed by atoms with Crippen LogP contribution in [0, 0.1) is 20.8 Å². The second-order valence-corrected chi connectivity index (χ2v) is 11.3. The largest absolute Gasteiger partial charge is 0.315 e. The van der Waals surface area contributed by atoms with Gasteiger partial charge in [-0.05, 0) is 43.5 Å². The molecule has 2 aromatic carbocycles. The zero-order valence-electron chi connectivity index (χ0n) is 16.8. The van der Waals surface area contributed by atoms with Gasteiger partial charge in [0.1, 0.15) is 0 Å². The molecule has 4 rings (SSSR count). The molecule has 29 heavy (non-hydrogen) atoms. The van der Waals surface area contributed by atoms with Gasteiger partial charge >= 0.3 is 0 Å². The van der Waals surface area contributed by atoms with E-state index in [-0.39, 0.29) is 35.1 Å². The van der Waals surface area contributed by atoms with Crippen molar-refractivity contribution in [3.8, 4) is 0 Å². The molecule has 152 valence electrons. The summed E-state index contributed by atoms with van der Waals surface area (Å²) >= 11 is 1.42. The number of carbonyl (C=O) groups is 1. The Bertz CT molecular complexity index is 1110. The quantitative estimate of drug-likeness (QED) is 0.749. The maximum atomic E-state index is 12.7. The average molecular weight is 429 g/mol. The number of benzene rings is 2. The lowest BCUT2D eigenvalue weighted by Gasteiger charge is -2.26. The molecule has 2 atom stereocenters. The molecule has 0 radical (unpaired) electrons. The van der Waals surface area contributed by atoms with Gasteiger partial charge < -0.3 is 4.90 Å². The first-order valence-electron chi connectivity index (χ1n) is 9.62. The van der Waals surface area contributed by atoms with E-state index in [1.807, 2.05) is 68.1 Å². The monoisotopic (exact) mass is 428 g/mol. The van der Waals surface area contributed by atoms with Crippen LogP contribution < -0.4 is 4.90 Å². The number of hydrogen-bond donors (Lipinski definition) is 0. The highest BCUT2D eigenvalue weighted by molar-refractivity contribution is 8.16. The number of amidine groups is 1. The fourth-order valence-electron chi connectivity index (χ4n) is 3.97. The average Bonchev–Trinajstić information content (AvgIpc) is 3.08. The minimum atomic E-state index is -3.08. The van der Waals surface area contributed by atoms with Gasteiger partial charge in [-0.2, -0.15) is 4.99 Å². The van der Waals surface area contributed by atoms with Crippen molar-refractivity contribution in [1.82, 2.24) is 0 Å². The molecule has 2 aromatic rings. The van der Waals surface area contributed by atoms with E-state index in [1.54, 1.807) is 0 Å². The second kappa shape index (κ2) is 7.61. The van der Waals surface area contributed by atoms with Crippen molar-refractivity contribution in [1.29, 1.82) is 0 Å². The van der Waals surface area contributed by atoms with E-state index in [0.29, 0.717) is 5.17 Å². The van der Waals surface area contributed by atoms with Crippen molar-refractivity contribution in [3.63, 3.8) is 0 Å². The van der Waals surface area contributed by atoms with Crippen molar-refractivity contribution in [3.05, 3.63) is 64.7 Å². The molecular weight excluding hydrogens is 404 g/mol. The third-order valence-electron chi connectivity index (χ3n) is 5.35. The normalized spacial score (nSPS) is 24.1. The Morgan fingerprint density at radius 1 is 1.10 bits per heavy atom. The Balaban J connectivity index is 1.68. The molecule has 1 amide bonds. The molecule has 2 fully saturated rings. The molecule has 2 aliphatic heterocycles. The highest BCUT2D eigenvalue weighted by Gasteiger charge is 2.49. The summed E-state index contributed by atoms with van der Waals surface area (Å²) in [6, 6.07) is 13.8. The summed E-state index contributed by atoms with van der Waals surface area (Å²) in [4.78, 5) is 19.1. The number of carbonyl (C=O) groups excluding carboxylic acids is 1. The Labute approximate surface area is 176 Å². The lowest BCUT2D eigenvalue weighted by atomic mass is 10.1. The number of anilines is 1. The van der Waals surface area contributed by atoms with Gasteiger partial charge in [0.15, 0.2) is 15.0 Å². The standard InChI is InChI=1S/C22H24N2O3S2/c1-14-5-4-6-17(9-14)11-21(25)23-22-24(18-10-15(2)7-8-16(18)3)19-12-29(26,27)13-20(19)28-22/h4-10,19-20H,11-13H2,1-3H3/t19-,20-/m1/s1. The van der Waals surface area contributed by atoms with Crippen molar-refractivity contribution >= 4 is 38.4 Å². The molecule has 2 aliphatic rings. The highest BCUT2D eigenvalue weighted by Crippen LogP contribution is 2.42. The molecule has 0 spiro atoms. The van der Waals surface area contributed by atoms with Gasteiger partial charge in [-0.3, -0.25) is 4.79 Å². The van der Waals surface area contributed by atoms with Crippen LogP contribution in [0.2, 0.25) is 0 Å². The van der Waals surface area contributed by atoms with Gasteiger partial charge in [0.05, 0.1) is 24.0 Å². The number of thioether (sulfide) groups is 1. The van der Waals surface area contributed by atoms with E-state index < -0.39 is 9.84 Å². The lowest BCUT2D eigenvalue weighted by molar-refractivity contribution is -0.117. The van der Waals surface area contributed by atoms with E-state index in [1.165, 1.54) is 11.8 Å². The van der Waals surface area contributed by atoms with E-state index in [9.17, 15) is 13.2 Å². The van der Waals surface area contributed by atoms with Crippen LogP contribution >= 0.6 is 11.8 Å². The molecule has 2 saturated heterocycles. The van der Waals surface area contributed by atoms with Crippen LogP contribution in [-0.4, -0.2) is 42.3 Å². The zero-order valence-corrected chi connectivity index (χ0v) is 18.4. The maximum absolute atomic E-state index is 12.7. The lowest BCUT2D eigenvalue weighted by Crippen LogP contribution is -2.38. The molecule has 0 aromatic heterocycles. The molecule has 0 N–H and O–H groups in total. The van der Waals surface area contributed by atoms with Crippen molar-refractivity contribution in [2.75, 3.05) is 16.4 Å². The topological polar surface area (TPSA) is 66.8 Å². The molecule has 5 nitrogen and oxygen atoms in total. The van der Waals surface area contributed by atoms with Crippen LogP contribution in [0.25, 0.3) is 0 Å². The molecular formula is C22H24N2O3S2. The number of rotatable bonds is 3. The van der Waals surface area contributed by atoms with Gasteiger partial charge in [-0.1, -0.05) is 53.7 Å². The predicted molar refractivity (Wildman–Crippen MR) is 120 cm³/mol. The van der Waals surface area contributed by atoms with Crippen LogP contribution in [0.3, 0.4) is 0 Å². The first kappa shape index (κ1) is 20.2. The SMILES string of the molecule is Cc1cccc(CC(=O)N=C2S[C@@H]3CS(=O)(=O)C[C@H]3N2c2cc(C)ccc2C)c1. The predicted octanol–water partition coefficient (Wildman–Crippen LogP) is 3.46. The highest BCUT2D eigenvalue weighted by atomic mass is 32.2. The molecule has 0 saturated carbocycles. The number of aliphatic imine (C=N–C) groups is 1. The third-order valence-corrected chi connectivity index (χ3v) is 8.56. The van der Waals surface area contributed by atoms with E-state index in [2.05, 4.69) is 4.99 Å². The number of sulfone groups is 1. The van der Waals surface area contributed by atoms with Crippen molar-refractivity contribution < 1.29 is 13.2 Å². The van der Waals surface area contributed by atoms with Crippen LogP contribution in [0.15, 0.2) is 47.5 Å². The third kappa shape index (κ3) is 4.26. The summed E-state index contributed by atoms with van der Waals surface area (Å²) < 4.78 is 24.5. The maximum Gasteiger partial charge on any atom is 0.252 e. The van der Waals surface area contributed by atoms with Gasteiger partial charge in [0, 0.05) is 10.9 Å². The number of nitrogens with zero attached hydrogens (tertiary/aromatic N) is 2. The fourth-order valence-corrected chi connectivity index (χ4v) is 7.89. The van der Waals surface area contributed by atoms with Gasteiger partial charge in [-0.25, -0.2) is 8.42 Å². The van der Waals surface area contributed by atoms with E-state index >= 15 is 0 Å². The molecule has 0 unspecified atom stereocenters. The van der Waals surface area contributed by atoms with Crippen molar-refractivity contribution in [2.24, 2.45) is 4.99 Å². The molecule has 0 bridgehead atoms. The summed E-state index contributed by atoms with van der Waals surface area (Å²) in [5.41, 5.74) is 5.10. The molecule has 7 heteroatoms. The van der Waals surface area contributed by atoms with E-state index in [0.717, 1.165) is 27.9 Å². The Hall–Kier alpha value is -2.12. The summed E-state index contributed by atoms with van der Waals surface area (Å²) in [6.07, 6.45) is 0.236. The minimum Gasteiger partial charge on any atom is -0.315 e. The zero-order chi connectivity index (χ0) is 20.8. The fraction of sp³-hybridized carbons (Fsp3) is 0.364. The van der Waals surface area contributed by atoms with Gasteiger partial charge in [-0.15, -0.1) is 0 Å². The summed E-state index contributed by atoms with van der Waals surface area (Å²) in [5, 5.41) is 0.520. The number of aryl methyl sites for hydroxylation is 3. The van der Waals surface area contributed by atoms with Crippen molar-refractivity contribution in [2.45, 2.75) is 38.5 Å². The molecule has 0 aliphatic carbocycles. The number of fused-ring (bicyclic) bond motifs is 1.